The van der Waals surface area contributed by atoms with E-state index in [1.165, 1.54) is 6.07 Å². The van der Waals surface area contributed by atoms with Crippen molar-refractivity contribution in [2.75, 3.05) is 12.3 Å². The summed E-state index contributed by atoms with van der Waals surface area (Å²) in [4.78, 5) is 14.1. The molecule has 0 aliphatic rings. The average Bonchev–Trinajstić information content (AvgIpc) is 2.26. The maximum atomic E-state index is 10.6. The smallest absolute Gasteiger partial charge is 0.356 e. The summed E-state index contributed by atoms with van der Waals surface area (Å²) < 4.78 is 0. The molecule has 6 N–H and O–H groups in total. The minimum absolute atomic E-state index is 0.116. The Morgan fingerprint density at radius 1 is 1.50 bits per heavy atom. The lowest BCUT2D eigenvalue weighted by Gasteiger charge is -2.16. The predicted molar refractivity (Wildman–Crippen MR) is 53.7 cm³/mol. The van der Waals surface area contributed by atoms with Crippen molar-refractivity contribution >= 4 is 11.7 Å². The van der Waals surface area contributed by atoms with Crippen molar-refractivity contribution in [3.63, 3.8) is 0 Å². The van der Waals surface area contributed by atoms with E-state index in [4.69, 9.17) is 21.1 Å². The summed E-state index contributed by atoms with van der Waals surface area (Å²) in [6, 6.07) is 1.19. The first-order valence-corrected chi connectivity index (χ1v) is 4.43. The van der Waals surface area contributed by atoms with Crippen LogP contribution < -0.4 is 5.73 Å². The fourth-order valence-electron chi connectivity index (χ4n) is 1.16. The highest BCUT2D eigenvalue weighted by Crippen LogP contribution is 2.20. The Bertz CT molecular complexity index is 395. The van der Waals surface area contributed by atoms with Crippen molar-refractivity contribution < 1.29 is 25.2 Å². The van der Waals surface area contributed by atoms with Gasteiger partial charge in [-0.05, 0) is 6.07 Å². The largest absolute Gasteiger partial charge is 0.476 e. The van der Waals surface area contributed by atoms with Crippen LogP contribution in [0.25, 0.3) is 0 Å². The maximum Gasteiger partial charge on any atom is 0.356 e. The van der Waals surface area contributed by atoms with Crippen molar-refractivity contribution in [2.45, 2.75) is 12.2 Å². The normalized spacial score (nSPS) is 14.4. The number of nitrogen functional groups attached to an aromatic ring is 1. The number of aromatic carboxylic acids is 1. The number of hydrogen-bond acceptors (Lipinski definition) is 6. The molecular weight excluding hydrogens is 216 g/mol. The molecule has 0 radical (unpaired) electrons. The number of hydrogen-bond donors (Lipinski definition) is 5. The van der Waals surface area contributed by atoms with Gasteiger partial charge in [0, 0.05) is 11.8 Å². The van der Waals surface area contributed by atoms with Gasteiger partial charge in [0.1, 0.15) is 12.2 Å². The van der Waals surface area contributed by atoms with Gasteiger partial charge < -0.3 is 26.2 Å². The number of aromatic nitrogens is 1. The molecule has 0 aliphatic heterocycles. The lowest BCUT2D eigenvalue weighted by molar-refractivity contribution is -0.0154. The van der Waals surface area contributed by atoms with Gasteiger partial charge in [-0.1, -0.05) is 0 Å². The van der Waals surface area contributed by atoms with E-state index in [1.807, 2.05) is 0 Å². The van der Waals surface area contributed by atoms with Crippen LogP contribution in [0.3, 0.4) is 0 Å². The minimum atomic E-state index is -1.36. The lowest BCUT2D eigenvalue weighted by Crippen LogP contribution is -2.22. The van der Waals surface area contributed by atoms with E-state index in [2.05, 4.69) is 4.98 Å². The second-order valence-corrected chi connectivity index (χ2v) is 3.21. The van der Waals surface area contributed by atoms with E-state index >= 15 is 0 Å². The second-order valence-electron chi connectivity index (χ2n) is 3.21. The van der Waals surface area contributed by atoms with E-state index in [9.17, 15) is 9.90 Å². The summed E-state index contributed by atoms with van der Waals surface area (Å²) >= 11 is 0. The van der Waals surface area contributed by atoms with Gasteiger partial charge in [0.2, 0.25) is 0 Å². The van der Waals surface area contributed by atoms with Crippen LogP contribution in [0, 0.1) is 0 Å². The van der Waals surface area contributed by atoms with E-state index < -0.39 is 24.8 Å². The van der Waals surface area contributed by atoms with Gasteiger partial charge in [-0.3, -0.25) is 0 Å². The van der Waals surface area contributed by atoms with E-state index in [-0.39, 0.29) is 16.9 Å². The van der Waals surface area contributed by atoms with Crippen molar-refractivity contribution in [2.24, 2.45) is 0 Å². The Kier molecular flexibility index (Phi) is 3.78. The van der Waals surface area contributed by atoms with Gasteiger partial charge in [-0.25, -0.2) is 9.78 Å². The van der Waals surface area contributed by atoms with Gasteiger partial charge in [0.15, 0.2) is 5.69 Å². The number of anilines is 1. The molecule has 1 heterocycles. The SMILES string of the molecule is Nc1cc(C(O)C(O)CO)cnc1C(=O)O. The third-order valence-corrected chi connectivity index (χ3v) is 2.03. The molecule has 7 nitrogen and oxygen atoms in total. The zero-order chi connectivity index (χ0) is 12.3. The molecular formula is C9H12N2O5. The number of aliphatic hydroxyl groups excluding tert-OH is 3. The van der Waals surface area contributed by atoms with Crippen molar-refractivity contribution in [1.82, 2.24) is 4.98 Å². The van der Waals surface area contributed by atoms with Crippen molar-refractivity contribution in [1.29, 1.82) is 0 Å². The van der Waals surface area contributed by atoms with Gasteiger partial charge >= 0.3 is 5.97 Å². The highest BCUT2D eigenvalue weighted by atomic mass is 16.4. The molecule has 0 fully saturated rings. The van der Waals surface area contributed by atoms with Gasteiger partial charge in [-0.2, -0.15) is 0 Å². The van der Waals surface area contributed by atoms with Gasteiger partial charge in [0.25, 0.3) is 0 Å². The highest BCUT2D eigenvalue weighted by molar-refractivity contribution is 5.91. The number of rotatable bonds is 4. The molecule has 0 amide bonds. The summed E-state index contributed by atoms with van der Waals surface area (Å²) in [6.07, 6.45) is -1.64. The van der Waals surface area contributed by atoms with Crippen LogP contribution in [-0.4, -0.2) is 44.1 Å². The van der Waals surface area contributed by atoms with Crippen LogP contribution in [0.2, 0.25) is 0 Å². The average molecular weight is 228 g/mol. The fourth-order valence-corrected chi connectivity index (χ4v) is 1.16. The predicted octanol–water partition coefficient (Wildman–Crippen LogP) is -1.25. The number of carboxylic acid groups (broad SMARTS) is 1. The van der Waals surface area contributed by atoms with Crippen LogP contribution >= 0.6 is 0 Å². The Balaban J connectivity index is 3.01. The minimum Gasteiger partial charge on any atom is -0.476 e. The summed E-state index contributed by atoms with van der Waals surface area (Å²) in [5, 5.41) is 35.9. The Morgan fingerprint density at radius 2 is 2.12 bits per heavy atom. The molecule has 0 bridgehead atoms. The zero-order valence-corrected chi connectivity index (χ0v) is 8.24. The van der Waals surface area contributed by atoms with E-state index in [0.29, 0.717) is 0 Å². The molecule has 7 heteroatoms. The lowest BCUT2D eigenvalue weighted by atomic mass is 10.1. The van der Waals surface area contributed by atoms with Gasteiger partial charge in [-0.15, -0.1) is 0 Å². The van der Waals surface area contributed by atoms with Crippen LogP contribution in [-0.2, 0) is 0 Å². The fraction of sp³-hybridized carbons (Fsp3) is 0.333. The number of carbonyl (C=O) groups is 1. The molecule has 2 unspecified atom stereocenters. The molecule has 0 aliphatic carbocycles. The third-order valence-electron chi connectivity index (χ3n) is 2.03. The molecule has 16 heavy (non-hydrogen) atoms. The van der Waals surface area contributed by atoms with E-state index in [1.54, 1.807) is 0 Å². The van der Waals surface area contributed by atoms with Crippen LogP contribution in [0.1, 0.15) is 22.2 Å². The number of nitrogens with two attached hydrogens (primary N) is 1. The Morgan fingerprint density at radius 3 is 2.56 bits per heavy atom. The quantitative estimate of drug-likeness (QED) is 0.434. The monoisotopic (exact) mass is 228 g/mol. The molecule has 0 spiro atoms. The van der Waals surface area contributed by atoms with Crippen molar-refractivity contribution in [3.8, 4) is 0 Å². The topological polar surface area (TPSA) is 137 Å². The molecule has 0 saturated carbocycles. The molecule has 0 saturated heterocycles. The summed E-state index contributed by atoms with van der Waals surface area (Å²) in [7, 11) is 0. The molecule has 88 valence electrons. The molecule has 1 rings (SSSR count). The second kappa shape index (κ2) is 4.88. The molecule has 1 aromatic rings. The van der Waals surface area contributed by atoms with Crippen LogP contribution in [0.15, 0.2) is 12.3 Å². The van der Waals surface area contributed by atoms with Crippen molar-refractivity contribution in [3.05, 3.63) is 23.5 Å². The highest BCUT2D eigenvalue weighted by Gasteiger charge is 2.19. The zero-order valence-electron chi connectivity index (χ0n) is 8.24. The number of nitrogens with zero attached hydrogens (tertiary/aromatic N) is 1. The molecule has 0 aromatic carbocycles. The summed E-state index contributed by atoms with van der Waals surface area (Å²) in [5.41, 5.74) is 5.10. The summed E-state index contributed by atoms with van der Waals surface area (Å²) in [6.45, 7) is -0.623. The van der Waals surface area contributed by atoms with Crippen LogP contribution in [0.4, 0.5) is 5.69 Å². The Hall–Kier alpha value is -1.70. The number of carboxylic acids is 1. The number of aliphatic hydroxyl groups is 3. The first-order chi connectivity index (χ1) is 7.47. The molecule has 1 aromatic heterocycles. The van der Waals surface area contributed by atoms with Gasteiger partial charge in [0.05, 0.1) is 12.3 Å². The maximum absolute atomic E-state index is 10.6. The summed E-state index contributed by atoms with van der Waals surface area (Å²) in [5.74, 6) is -1.28. The first-order valence-electron chi connectivity index (χ1n) is 4.43. The molecule has 2 atom stereocenters. The third kappa shape index (κ3) is 2.45. The first kappa shape index (κ1) is 12.4. The standard InChI is InChI=1S/C9H12N2O5/c10-5-1-4(8(14)6(13)3-12)2-11-7(5)9(15)16/h1-2,6,8,12-14H,3,10H2,(H,15,16). The Labute approximate surface area is 90.8 Å². The number of pyridine rings is 1. The van der Waals surface area contributed by atoms with Crippen LogP contribution in [0.5, 0.6) is 0 Å². The van der Waals surface area contributed by atoms with E-state index in [0.717, 1.165) is 6.20 Å².